The molecule has 2 atom stereocenters. The van der Waals surface area contributed by atoms with Crippen molar-refractivity contribution in [2.45, 2.75) is 90.9 Å². The predicted molar refractivity (Wildman–Crippen MR) is 187 cm³/mol. The van der Waals surface area contributed by atoms with E-state index in [-0.39, 0.29) is 6.04 Å². The molecule has 0 saturated carbocycles. The summed E-state index contributed by atoms with van der Waals surface area (Å²) >= 11 is 0. The summed E-state index contributed by atoms with van der Waals surface area (Å²) in [6, 6.07) is 35.2. The van der Waals surface area contributed by atoms with Crippen LogP contribution in [0.3, 0.4) is 0 Å². The maximum Gasteiger partial charge on any atom is 0.0979 e. The molecular weight excluding hydrogens is 549 g/mol. The molecule has 0 aromatic heterocycles. The largest absolute Gasteiger partial charge is 0.242 e. The smallest absolute Gasteiger partial charge is 0.0979 e. The fourth-order valence-corrected chi connectivity index (χ4v) is 8.73. The maximum atomic E-state index is 14.0. The second-order valence-corrected chi connectivity index (χ2v) is 17.3. The van der Waals surface area contributed by atoms with Gasteiger partial charge < -0.3 is 0 Å². The van der Waals surface area contributed by atoms with Crippen molar-refractivity contribution in [3.8, 4) is 0 Å². The zero-order chi connectivity index (χ0) is 30.6. The van der Waals surface area contributed by atoms with Crippen molar-refractivity contribution >= 4 is 34.8 Å². The summed E-state index contributed by atoms with van der Waals surface area (Å²) in [6.07, 6.45) is 0. The topological polar surface area (TPSA) is 29.1 Å². The SMILES string of the molecule is CC(C)c1cc(C(C)C)c(C(NS(=O)C(C)(C)C)c2ccccc2P(c2ccccc2)c2ccccc2)c(C(C)C)c1. The van der Waals surface area contributed by atoms with Gasteiger partial charge in [-0.25, -0.2) is 8.93 Å². The zero-order valence-corrected chi connectivity index (χ0v) is 28.5. The van der Waals surface area contributed by atoms with Crippen LogP contribution in [0, 0.1) is 0 Å². The lowest BCUT2D eigenvalue weighted by Gasteiger charge is -2.33. The lowest BCUT2D eigenvalue weighted by atomic mass is 9.80. The minimum atomic E-state index is -1.28. The van der Waals surface area contributed by atoms with Crippen LogP contribution in [0.1, 0.15) is 114 Å². The van der Waals surface area contributed by atoms with Crippen LogP contribution in [0.2, 0.25) is 0 Å². The molecule has 0 radical (unpaired) electrons. The highest BCUT2D eigenvalue weighted by Gasteiger charge is 2.32. The molecule has 4 aromatic carbocycles. The Balaban J connectivity index is 2.07. The monoisotopic (exact) mass is 597 g/mol. The summed E-state index contributed by atoms with van der Waals surface area (Å²) in [5, 5.41) is 3.92. The number of benzene rings is 4. The van der Waals surface area contributed by atoms with Gasteiger partial charge in [-0.05, 0) is 90.2 Å². The molecule has 0 saturated heterocycles. The second-order valence-electron chi connectivity index (χ2n) is 13.1. The van der Waals surface area contributed by atoms with Gasteiger partial charge in [0.1, 0.15) is 0 Å². The zero-order valence-electron chi connectivity index (χ0n) is 26.8. The molecule has 4 heteroatoms. The average Bonchev–Trinajstić information content (AvgIpc) is 2.96. The molecule has 4 rings (SSSR count). The van der Waals surface area contributed by atoms with Gasteiger partial charge in [0.2, 0.25) is 0 Å². The average molecular weight is 598 g/mol. The first-order chi connectivity index (χ1) is 19.9. The highest BCUT2D eigenvalue weighted by molar-refractivity contribution is 7.84. The van der Waals surface area contributed by atoms with Gasteiger partial charge in [0.25, 0.3) is 0 Å². The molecule has 2 unspecified atom stereocenters. The molecule has 0 aliphatic rings. The molecule has 1 N–H and O–H groups in total. The third kappa shape index (κ3) is 7.31. The molecule has 2 nitrogen and oxygen atoms in total. The van der Waals surface area contributed by atoms with Gasteiger partial charge in [-0.2, -0.15) is 0 Å². The Morgan fingerprint density at radius 1 is 0.619 bits per heavy atom. The summed E-state index contributed by atoms with van der Waals surface area (Å²) in [4.78, 5) is 0. The van der Waals surface area contributed by atoms with Crippen LogP contribution in [0.5, 0.6) is 0 Å². The normalized spacial score (nSPS) is 13.7. The molecule has 0 amide bonds. The fourth-order valence-electron chi connectivity index (χ4n) is 5.42. The Labute approximate surface area is 258 Å². The van der Waals surface area contributed by atoms with Gasteiger partial charge in [0.05, 0.1) is 21.8 Å². The molecule has 222 valence electrons. The van der Waals surface area contributed by atoms with Gasteiger partial charge in [-0.15, -0.1) is 0 Å². The second kappa shape index (κ2) is 13.8. The summed E-state index contributed by atoms with van der Waals surface area (Å²) in [7, 11) is -2.13. The van der Waals surface area contributed by atoms with Crippen molar-refractivity contribution in [3.05, 3.63) is 125 Å². The molecule has 0 bridgehead atoms. The van der Waals surface area contributed by atoms with E-state index in [4.69, 9.17) is 0 Å². The Hall–Kier alpha value is -2.58. The molecule has 0 fully saturated rings. The van der Waals surface area contributed by atoms with Crippen molar-refractivity contribution in [2.75, 3.05) is 0 Å². The molecule has 0 aliphatic heterocycles. The van der Waals surface area contributed by atoms with Crippen molar-refractivity contribution in [3.63, 3.8) is 0 Å². The number of nitrogens with one attached hydrogen (secondary N) is 1. The van der Waals surface area contributed by atoms with E-state index >= 15 is 0 Å². The third-order valence-electron chi connectivity index (χ3n) is 7.76. The van der Waals surface area contributed by atoms with E-state index in [1.54, 1.807) is 0 Å². The van der Waals surface area contributed by atoms with Gasteiger partial charge in [0.15, 0.2) is 0 Å². The van der Waals surface area contributed by atoms with Crippen molar-refractivity contribution in [1.29, 1.82) is 0 Å². The first-order valence-corrected chi connectivity index (χ1v) is 17.7. The predicted octanol–water partition coefficient (Wildman–Crippen LogP) is 8.96. The van der Waals surface area contributed by atoms with Gasteiger partial charge in [-0.1, -0.05) is 139 Å². The van der Waals surface area contributed by atoms with Crippen molar-refractivity contribution < 1.29 is 4.21 Å². The first kappa shape index (κ1) is 32.3. The Kier molecular flexibility index (Phi) is 10.6. The first-order valence-electron chi connectivity index (χ1n) is 15.2. The quantitative estimate of drug-likeness (QED) is 0.182. The Bertz CT molecular complexity index is 1420. The van der Waals surface area contributed by atoms with E-state index in [2.05, 4.69) is 164 Å². The lowest BCUT2D eigenvalue weighted by Crippen LogP contribution is -2.39. The van der Waals surface area contributed by atoms with Crippen molar-refractivity contribution in [1.82, 2.24) is 4.72 Å². The lowest BCUT2D eigenvalue weighted by molar-refractivity contribution is 0.619. The van der Waals surface area contributed by atoms with Gasteiger partial charge in [0, 0.05) is 0 Å². The van der Waals surface area contributed by atoms with E-state index < -0.39 is 23.7 Å². The van der Waals surface area contributed by atoms with E-state index in [0.29, 0.717) is 17.8 Å². The van der Waals surface area contributed by atoms with Gasteiger partial charge in [-0.3, -0.25) is 0 Å². The molecule has 42 heavy (non-hydrogen) atoms. The summed E-state index contributed by atoms with van der Waals surface area (Å²) in [5.74, 6) is 1.07. The Morgan fingerprint density at radius 2 is 1.07 bits per heavy atom. The number of hydrogen-bond donors (Lipinski definition) is 1. The fraction of sp³-hybridized carbons (Fsp3) is 0.368. The van der Waals surface area contributed by atoms with Crippen LogP contribution in [0.15, 0.2) is 97.1 Å². The highest BCUT2D eigenvalue weighted by atomic mass is 32.2. The van der Waals surface area contributed by atoms with Gasteiger partial charge >= 0.3 is 0 Å². The molecule has 0 heterocycles. The van der Waals surface area contributed by atoms with Crippen LogP contribution in [0.25, 0.3) is 0 Å². The molecular formula is C38H48NOPS. The standard InChI is InChI=1S/C38H48NOPS/c1-26(2)29-24-33(27(3)4)36(34(25-29)28(5)6)37(39-42(40)38(7,8)9)32-22-16-17-23-35(32)41(30-18-12-10-13-19-30)31-20-14-11-15-21-31/h10-28,37,39H,1-9H3. The van der Waals surface area contributed by atoms with E-state index in [9.17, 15) is 4.21 Å². The molecule has 0 spiro atoms. The maximum absolute atomic E-state index is 14.0. The molecule has 0 aliphatic carbocycles. The van der Waals surface area contributed by atoms with Crippen LogP contribution < -0.4 is 20.6 Å². The number of rotatable bonds is 10. The third-order valence-corrected chi connectivity index (χ3v) is 11.8. The number of hydrogen-bond acceptors (Lipinski definition) is 1. The van der Waals surface area contributed by atoms with Crippen LogP contribution in [-0.2, 0) is 11.0 Å². The highest BCUT2D eigenvalue weighted by Crippen LogP contribution is 2.42. The Morgan fingerprint density at radius 3 is 1.50 bits per heavy atom. The summed E-state index contributed by atoms with van der Waals surface area (Å²) in [6.45, 7) is 19.9. The van der Waals surface area contributed by atoms with Crippen LogP contribution in [0.4, 0.5) is 0 Å². The minimum Gasteiger partial charge on any atom is -0.242 e. The van der Waals surface area contributed by atoms with E-state index in [0.717, 1.165) is 0 Å². The van der Waals surface area contributed by atoms with E-state index in [1.165, 1.54) is 43.7 Å². The minimum absolute atomic E-state index is 0.227. The van der Waals surface area contributed by atoms with E-state index in [1.807, 2.05) is 0 Å². The summed E-state index contributed by atoms with van der Waals surface area (Å²) < 4.78 is 17.3. The van der Waals surface area contributed by atoms with Crippen LogP contribution in [-0.4, -0.2) is 8.96 Å². The summed E-state index contributed by atoms with van der Waals surface area (Å²) in [5.41, 5.74) is 6.53. The van der Waals surface area contributed by atoms with Crippen molar-refractivity contribution in [2.24, 2.45) is 0 Å². The molecule has 4 aromatic rings. The van der Waals surface area contributed by atoms with Crippen LogP contribution >= 0.6 is 7.92 Å².